The number of carbonyl (C=O) groups excluding carboxylic acids is 3. The summed E-state index contributed by atoms with van der Waals surface area (Å²) < 4.78 is 5.30. The maximum Gasteiger partial charge on any atom is 0.276 e. The van der Waals surface area contributed by atoms with Gasteiger partial charge in [-0.1, -0.05) is 35.4 Å². The zero-order valence-electron chi connectivity index (χ0n) is 15.7. The molecule has 0 fully saturated rings. The number of hydrazine groups is 1. The van der Waals surface area contributed by atoms with E-state index >= 15 is 0 Å². The second kappa shape index (κ2) is 10.3. The van der Waals surface area contributed by atoms with E-state index in [9.17, 15) is 14.4 Å². The van der Waals surface area contributed by atoms with E-state index in [1.807, 2.05) is 19.1 Å². The normalized spacial score (nSPS) is 10.1. The molecule has 3 amide bonds. The Morgan fingerprint density at radius 3 is 2.25 bits per heavy atom. The minimum Gasteiger partial charge on any atom is -0.484 e. The average Bonchev–Trinajstić information content (AvgIpc) is 2.68. The Morgan fingerprint density at radius 1 is 0.893 bits per heavy atom. The predicted octanol–water partition coefficient (Wildman–Crippen LogP) is 2.90. The molecule has 0 radical (unpaired) electrons. The van der Waals surface area contributed by atoms with Crippen LogP contribution in [0.2, 0.25) is 5.02 Å². The highest BCUT2D eigenvalue weighted by Crippen LogP contribution is 2.23. The van der Waals surface area contributed by atoms with E-state index in [1.165, 1.54) is 0 Å². The number of carbonyl (C=O) groups is 3. The second-order valence-corrected chi connectivity index (χ2v) is 6.57. The summed E-state index contributed by atoms with van der Waals surface area (Å²) in [5.41, 5.74) is 6.92. The number of amides is 3. The van der Waals surface area contributed by atoms with Gasteiger partial charge in [0.2, 0.25) is 11.8 Å². The van der Waals surface area contributed by atoms with Crippen LogP contribution in [0.4, 0.5) is 5.69 Å². The van der Waals surface area contributed by atoms with Crippen LogP contribution in [0.1, 0.15) is 24.0 Å². The van der Waals surface area contributed by atoms with Gasteiger partial charge in [-0.25, -0.2) is 0 Å². The van der Waals surface area contributed by atoms with Crippen molar-refractivity contribution in [1.82, 2.24) is 10.9 Å². The van der Waals surface area contributed by atoms with Crippen LogP contribution >= 0.6 is 11.6 Å². The lowest BCUT2D eigenvalue weighted by Gasteiger charge is -2.10. The van der Waals surface area contributed by atoms with E-state index in [0.29, 0.717) is 16.5 Å². The number of hydrogen-bond acceptors (Lipinski definition) is 4. The maximum absolute atomic E-state index is 12.0. The Labute approximate surface area is 168 Å². The summed E-state index contributed by atoms with van der Waals surface area (Å²) in [5, 5.41) is 3.25. The van der Waals surface area contributed by atoms with Crippen LogP contribution in [-0.2, 0) is 14.4 Å². The number of hydrogen-bond donors (Lipinski definition) is 3. The van der Waals surface area contributed by atoms with Crippen molar-refractivity contribution in [2.24, 2.45) is 0 Å². The highest BCUT2D eigenvalue weighted by Gasteiger charge is 2.10. The third kappa shape index (κ3) is 6.92. The molecule has 0 aliphatic heterocycles. The zero-order valence-corrected chi connectivity index (χ0v) is 16.4. The first-order valence-electron chi connectivity index (χ1n) is 8.67. The molecule has 28 heavy (non-hydrogen) atoms. The molecule has 3 N–H and O–H groups in total. The third-order valence-electron chi connectivity index (χ3n) is 3.85. The predicted molar refractivity (Wildman–Crippen MR) is 107 cm³/mol. The van der Waals surface area contributed by atoms with Gasteiger partial charge >= 0.3 is 0 Å². The fourth-order valence-electron chi connectivity index (χ4n) is 2.20. The van der Waals surface area contributed by atoms with Gasteiger partial charge in [0.1, 0.15) is 5.75 Å². The molecule has 0 bridgehead atoms. The molecular weight excluding hydrogens is 382 g/mol. The molecule has 0 atom stereocenters. The van der Waals surface area contributed by atoms with Crippen LogP contribution in [-0.4, -0.2) is 24.3 Å². The van der Waals surface area contributed by atoms with Gasteiger partial charge in [0.25, 0.3) is 5.91 Å². The topological polar surface area (TPSA) is 96.5 Å². The molecule has 2 aromatic rings. The van der Waals surface area contributed by atoms with E-state index in [1.54, 1.807) is 37.3 Å². The Morgan fingerprint density at radius 2 is 1.54 bits per heavy atom. The maximum atomic E-state index is 12.0. The van der Waals surface area contributed by atoms with Crippen molar-refractivity contribution in [3.05, 3.63) is 58.6 Å². The molecular formula is C20H22ClN3O4. The fourth-order valence-corrected chi connectivity index (χ4v) is 2.38. The summed E-state index contributed by atoms with van der Waals surface area (Å²) in [6.07, 6.45) is -0.113. The number of benzene rings is 2. The van der Waals surface area contributed by atoms with Gasteiger partial charge in [-0.05, 0) is 43.7 Å². The van der Waals surface area contributed by atoms with E-state index < -0.39 is 11.8 Å². The minimum absolute atomic E-state index is 0.0342. The van der Waals surface area contributed by atoms with Crippen LogP contribution in [0.25, 0.3) is 0 Å². The highest BCUT2D eigenvalue weighted by molar-refractivity contribution is 6.31. The van der Waals surface area contributed by atoms with E-state index in [0.717, 1.165) is 11.1 Å². The number of aryl methyl sites for hydroxylation is 1. The van der Waals surface area contributed by atoms with Crippen molar-refractivity contribution in [2.75, 3.05) is 11.9 Å². The van der Waals surface area contributed by atoms with Crippen LogP contribution < -0.4 is 20.9 Å². The zero-order chi connectivity index (χ0) is 20.5. The molecule has 0 heterocycles. The summed E-state index contributed by atoms with van der Waals surface area (Å²) >= 11 is 6.00. The Kier molecular flexibility index (Phi) is 7.83. The minimum atomic E-state index is -0.507. The van der Waals surface area contributed by atoms with Gasteiger partial charge < -0.3 is 10.1 Å². The van der Waals surface area contributed by atoms with E-state index in [4.69, 9.17) is 16.3 Å². The van der Waals surface area contributed by atoms with E-state index in [2.05, 4.69) is 16.2 Å². The molecule has 0 aliphatic carbocycles. The number of anilines is 1. The monoisotopic (exact) mass is 403 g/mol. The number of rotatable bonds is 7. The number of halogens is 1. The van der Waals surface area contributed by atoms with Gasteiger partial charge in [0.05, 0.1) is 0 Å². The van der Waals surface area contributed by atoms with Crippen molar-refractivity contribution in [2.45, 2.75) is 26.7 Å². The largest absolute Gasteiger partial charge is 0.484 e. The Bertz CT molecular complexity index is 853. The second-order valence-electron chi connectivity index (χ2n) is 6.16. The third-order valence-corrected chi connectivity index (χ3v) is 4.26. The van der Waals surface area contributed by atoms with Gasteiger partial charge in [0, 0.05) is 23.6 Å². The lowest BCUT2D eigenvalue weighted by molar-refractivity contribution is -0.130. The average molecular weight is 404 g/mol. The van der Waals surface area contributed by atoms with Gasteiger partial charge in [0.15, 0.2) is 6.61 Å². The Hall–Kier alpha value is -3.06. The molecule has 0 aliphatic rings. The lowest BCUT2D eigenvalue weighted by atomic mass is 10.2. The summed E-state index contributed by atoms with van der Waals surface area (Å²) in [7, 11) is 0. The summed E-state index contributed by atoms with van der Waals surface area (Å²) in [4.78, 5) is 35.4. The van der Waals surface area contributed by atoms with Crippen LogP contribution in [0.3, 0.4) is 0 Å². The fraction of sp³-hybridized carbons (Fsp3) is 0.250. The highest BCUT2D eigenvalue weighted by atomic mass is 35.5. The van der Waals surface area contributed by atoms with Crippen molar-refractivity contribution < 1.29 is 19.1 Å². The van der Waals surface area contributed by atoms with Crippen LogP contribution in [0.5, 0.6) is 5.75 Å². The van der Waals surface area contributed by atoms with Crippen LogP contribution in [0, 0.1) is 13.8 Å². The molecule has 0 saturated heterocycles. The number of ether oxygens (including phenoxy) is 1. The van der Waals surface area contributed by atoms with Crippen molar-refractivity contribution in [3.8, 4) is 5.75 Å². The van der Waals surface area contributed by atoms with Gasteiger partial charge in [-0.3, -0.25) is 25.2 Å². The molecule has 8 heteroatoms. The smallest absolute Gasteiger partial charge is 0.276 e. The molecule has 0 unspecified atom stereocenters. The summed E-state index contributed by atoms with van der Waals surface area (Å²) in [6, 6.07) is 12.4. The molecule has 0 spiro atoms. The lowest BCUT2D eigenvalue weighted by Crippen LogP contribution is -2.44. The van der Waals surface area contributed by atoms with Gasteiger partial charge in [-0.15, -0.1) is 0 Å². The summed E-state index contributed by atoms with van der Waals surface area (Å²) in [5.74, 6) is -0.760. The first-order valence-corrected chi connectivity index (χ1v) is 9.05. The van der Waals surface area contributed by atoms with Crippen molar-refractivity contribution >= 4 is 35.0 Å². The van der Waals surface area contributed by atoms with E-state index in [-0.39, 0.29) is 25.4 Å². The first kappa shape index (κ1) is 21.2. The SMILES string of the molecule is Cc1ccc(OCC(=O)NNC(=O)CCC(=O)Nc2cccc(Cl)c2C)cc1. The Balaban J connectivity index is 1.66. The standard InChI is InChI=1S/C20H22ClN3O4/c1-13-6-8-15(9-7-13)28-12-20(27)24-23-19(26)11-10-18(25)22-17-5-3-4-16(21)14(17)2/h3-9H,10-12H2,1-2H3,(H,22,25)(H,23,26)(H,24,27). The van der Waals surface area contributed by atoms with Crippen LogP contribution in [0.15, 0.2) is 42.5 Å². The number of nitrogens with one attached hydrogen (secondary N) is 3. The molecule has 148 valence electrons. The van der Waals surface area contributed by atoms with Crippen molar-refractivity contribution in [1.29, 1.82) is 0 Å². The molecule has 0 aromatic heterocycles. The molecule has 0 saturated carbocycles. The first-order chi connectivity index (χ1) is 13.3. The molecule has 2 rings (SSSR count). The summed E-state index contributed by atoms with van der Waals surface area (Å²) in [6.45, 7) is 3.50. The quantitative estimate of drug-likeness (QED) is 0.619. The molecule has 2 aromatic carbocycles. The van der Waals surface area contributed by atoms with Gasteiger partial charge in [-0.2, -0.15) is 0 Å². The van der Waals surface area contributed by atoms with Crippen molar-refractivity contribution in [3.63, 3.8) is 0 Å². The molecule has 7 nitrogen and oxygen atoms in total.